The molecule has 7 aromatic rings. The summed E-state index contributed by atoms with van der Waals surface area (Å²) in [6.07, 6.45) is 10.2. The number of fused-ring (bicyclic) bond motifs is 1. The van der Waals surface area contributed by atoms with E-state index in [2.05, 4.69) is 119 Å². The van der Waals surface area contributed by atoms with Crippen LogP contribution in [0.25, 0.3) is 17.2 Å². The Morgan fingerprint density at radius 3 is 1.48 bits per heavy atom. The van der Waals surface area contributed by atoms with E-state index in [4.69, 9.17) is 4.74 Å². The quantitative estimate of drug-likeness (QED) is 0.0887. The molecule has 0 saturated heterocycles. The Hall–Kier alpha value is -11.3. The number of allylic oxidation sites excluding steroid dienone is 7. The van der Waals surface area contributed by atoms with Crippen LogP contribution in [0.1, 0.15) is 104 Å². The molecule has 5 aliphatic rings. The molecule has 0 atom stereocenters. The summed E-state index contributed by atoms with van der Waals surface area (Å²) in [4.78, 5) is 0. The third-order valence-corrected chi connectivity index (χ3v) is 17.0. The number of halogens is 14. The van der Waals surface area contributed by atoms with Gasteiger partial charge in [-0.1, -0.05) is 215 Å². The molecule has 12 rings (SSSR count). The summed E-state index contributed by atoms with van der Waals surface area (Å²) in [6, 6.07) is 36.0. The molecule has 0 bridgehead atoms. The number of benzene rings is 7. The molecule has 0 fully saturated rings. The lowest BCUT2D eigenvalue weighted by molar-refractivity contribution is -0.420. The number of nitrogens with zero attached hydrogens (tertiary/aromatic N) is 5. The van der Waals surface area contributed by atoms with E-state index < -0.39 is 58.5 Å². The predicted molar refractivity (Wildman–Crippen MR) is 378 cm³/mol. The predicted octanol–water partition coefficient (Wildman–Crippen LogP) is 21.5. The zero-order chi connectivity index (χ0) is 75.9. The Morgan fingerprint density at radius 1 is 0.417 bits per heavy atom. The van der Waals surface area contributed by atoms with Crippen LogP contribution in [-0.4, -0.2) is 63.6 Å². The van der Waals surface area contributed by atoms with Crippen molar-refractivity contribution in [2.24, 2.45) is 0 Å². The van der Waals surface area contributed by atoms with Gasteiger partial charge in [-0.3, -0.25) is 18.3 Å². The van der Waals surface area contributed by atoms with E-state index in [1.165, 1.54) is 74.8 Å². The fourth-order valence-corrected chi connectivity index (χ4v) is 11.9. The first-order valence-corrected chi connectivity index (χ1v) is 31.7. The fraction of sp³-hybridized carbons (Fsp3) is 0.157. The number of methoxy groups -OCH3 is 1. The second-order valence-corrected chi connectivity index (χ2v) is 24.5. The summed E-state index contributed by atoms with van der Waals surface area (Å²) < 4.78 is 197. The highest BCUT2D eigenvalue weighted by Crippen LogP contribution is 2.42. The largest absolute Gasteiger partial charge is 0.525 e. The molecule has 5 heterocycles. The van der Waals surface area contributed by atoms with Crippen molar-refractivity contribution in [1.29, 1.82) is 0 Å². The Labute approximate surface area is 590 Å². The monoisotopic (exact) mass is 1420 g/mol. The molecule has 103 heavy (non-hydrogen) atoms. The molecule has 6 nitrogen and oxygen atoms in total. The first-order chi connectivity index (χ1) is 48.3. The van der Waals surface area contributed by atoms with Crippen molar-refractivity contribution in [2.75, 3.05) is 7.11 Å². The second-order valence-electron chi connectivity index (χ2n) is 24.5. The van der Waals surface area contributed by atoms with Crippen LogP contribution in [0.15, 0.2) is 217 Å². The summed E-state index contributed by atoms with van der Waals surface area (Å²) in [6.45, 7) is 35.3. The number of alkyl halides is 9. The van der Waals surface area contributed by atoms with Crippen LogP contribution in [-0.2, 0) is 23.3 Å². The molecule has 0 aliphatic carbocycles. The van der Waals surface area contributed by atoms with Crippen LogP contribution < -0.4 is 0 Å². The molecule has 0 saturated carbocycles. The van der Waals surface area contributed by atoms with Crippen LogP contribution in [0.4, 0.5) is 67.2 Å². The van der Waals surface area contributed by atoms with E-state index in [0.717, 1.165) is 75.4 Å². The maximum Gasteiger partial charge on any atom is 0.416 e. The average Bonchev–Trinajstić information content (AvgIpc) is 0.781. The number of rotatable bonds is 7. The molecule has 534 valence electrons. The van der Waals surface area contributed by atoms with Crippen LogP contribution in [0.3, 0.4) is 0 Å². The Bertz CT molecular complexity index is 4780. The highest BCUT2D eigenvalue weighted by molar-refractivity contribution is 5.70. The van der Waals surface area contributed by atoms with E-state index in [9.17, 15) is 61.5 Å². The molecular formula is C83H73F14N5O. The summed E-state index contributed by atoms with van der Waals surface area (Å²) in [5.41, 5.74) is 9.59. The van der Waals surface area contributed by atoms with E-state index in [0.29, 0.717) is 40.6 Å². The number of para-hydroxylation sites is 1. The Balaban J connectivity index is 0.000000164. The maximum absolute atomic E-state index is 14.3. The molecule has 0 unspecified atom stereocenters. The van der Waals surface area contributed by atoms with Crippen molar-refractivity contribution in [3.05, 3.63) is 360 Å². The van der Waals surface area contributed by atoms with Crippen LogP contribution in [0, 0.1) is 101 Å². The first-order valence-electron chi connectivity index (χ1n) is 31.7. The lowest BCUT2D eigenvalue weighted by atomic mass is 9.90. The average molecular weight is 1420 g/mol. The zero-order valence-corrected chi connectivity index (χ0v) is 58.0. The fourth-order valence-electron chi connectivity index (χ4n) is 11.9. The van der Waals surface area contributed by atoms with Gasteiger partial charge in [-0.2, -0.15) is 39.5 Å². The minimum Gasteiger partial charge on any atom is -0.525 e. The molecule has 0 amide bonds. The molecule has 0 N–H and O–H groups in total. The van der Waals surface area contributed by atoms with Gasteiger partial charge >= 0.3 is 18.5 Å². The van der Waals surface area contributed by atoms with Gasteiger partial charge in [0.1, 0.15) is 72.2 Å². The van der Waals surface area contributed by atoms with E-state index in [1.807, 2.05) is 54.3 Å². The first kappa shape index (κ1) is 77.5. The van der Waals surface area contributed by atoms with Gasteiger partial charge in [-0.25, -0.2) is 26.5 Å². The third kappa shape index (κ3) is 17.9. The molecule has 20 heteroatoms. The minimum absolute atomic E-state index is 0.0704. The van der Waals surface area contributed by atoms with Gasteiger partial charge in [0.05, 0.1) is 69.0 Å². The summed E-state index contributed by atoms with van der Waals surface area (Å²) >= 11 is 0. The third-order valence-electron chi connectivity index (χ3n) is 17.0. The number of hydrogen-bond acceptors (Lipinski definition) is 1. The summed E-state index contributed by atoms with van der Waals surface area (Å²) in [5.74, 6) is -5.51. The van der Waals surface area contributed by atoms with Gasteiger partial charge < -0.3 is 4.74 Å². The number of ether oxygens (including phenoxy) is 1. The second kappa shape index (κ2) is 31.7. The Morgan fingerprint density at radius 2 is 0.922 bits per heavy atom. The van der Waals surface area contributed by atoms with Crippen molar-refractivity contribution in [3.63, 3.8) is 0 Å². The summed E-state index contributed by atoms with van der Waals surface area (Å²) in [7, 11) is 1.45. The lowest BCUT2D eigenvalue weighted by Crippen LogP contribution is -2.21. The van der Waals surface area contributed by atoms with Crippen molar-refractivity contribution in [2.45, 2.75) is 80.8 Å². The molecule has 0 spiro atoms. The van der Waals surface area contributed by atoms with Gasteiger partial charge in [0.15, 0.2) is 11.7 Å². The molecule has 0 radical (unpaired) electrons. The van der Waals surface area contributed by atoms with Gasteiger partial charge in [0.25, 0.3) is 0 Å². The number of hydrogen-bond donors (Lipinski definition) is 0. The topological polar surface area (TPSA) is 24.3 Å². The van der Waals surface area contributed by atoms with Crippen LogP contribution in [0.5, 0.6) is 0 Å². The number of aryl methyl sites for hydroxylation is 6. The minimum atomic E-state index is -5.10. The van der Waals surface area contributed by atoms with Crippen molar-refractivity contribution < 1.29 is 89.1 Å². The maximum atomic E-state index is 14.3. The molecular weight excluding hydrogens is 1350 g/mol. The highest BCUT2D eigenvalue weighted by Gasteiger charge is 2.40. The van der Waals surface area contributed by atoms with E-state index in [1.54, 1.807) is 75.7 Å². The lowest BCUT2D eigenvalue weighted by Gasteiger charge is -2.25. The van der Waals surface area contributed by atoms with Crippen LogP contribution >= 0.6 is 0 Å². The smallest absolute Gasteiger partial charge is 0.416 e. The van der Waals surface area contributed by atoms with Crippen molar-refractivity contribution >= 4 is 45.4 Å². The summed E-state index contributed by atoms with van der Waals surface area (Å²) in [5, 5.41) is 0. The highest BCUT2D eigenvalue weighted by atomic mass is 19.4. The van der Waals surface area contributed by atoms with Gasteiger partial charge in [0, 0.05) is 5.56 Å². The normalized spacial score (nSPS) is 14.8. The Kier molecular flexibility index (Phi) is 23.9. The zero-order valence-electron chi connectivity index (χ0n) is 58.0. The van der Waals surface area contributed by atoms with Crippen molar-refractivity contribution in [3.8, 4) is 11.1 Å². The van der Waals surface area contributed by atoms with Crippen molar-refractivity contribution in [1.82, 2.24) is 0 Å². The van der Waals surface area contributed by atoms with E-state index in [-0.39, 0.29) is 28.5 Å². The molecule has 0 aromatic heterocycles. The van der Waals surface area contributed by atoms with E-state index >= 15 is 0 Å². The van der Waals surface area contributed by atoms with Crippen LogP contribution in [0.2, 0.25) is 0 Å². The standard InChI is InChI=1S/C23H19N.C15H12F5N.C15H13F4NO.C15H13F4N.C15H16FN/c1-17-16-20(18-8-4-3-5-9-18)12-14-21(17)23-15-13-19-10-6-7-11-22(19)24(23)2;1-8-4-5-21(3)11(6-8)12-9(2)7-10(16)13(14(12)17)15(18,19)20;1-9-6-13(16)12(15(17,18)19)8-11(9)14-7-10(21-3)4-5-20(14)2;1-9-5-4-6-20(3)14(9)11-8-12(15(17,18)19)13(16)7-10(11)2;1-10-6-5-7-17(4)15(10)14-11(2)8-13(16)9-12(14)3/h3-16H,2H2,1H3;4-7H,3H2,1-2H3;4-8H,2H2,1,3H3;4-8H,3H2,1-2H3;5-9H,4H2,1-3H3. The SMILES string of the molecule is C=[N+]1C=CC(C)=C[C-]1c1c(C)cc(F)c(C(F)(F)F)c1F.C=[N+]1C=CC(OC)=C[C-]1c1cc(C(F)(F)F)c(F)cc1C.C=[N+]1C=CC=C(C)[C-]1c1c(C)cc(F)cc1C.C=[N+]1C=CC=C(C)[C-]1c1cc(C(F)(F)F)c(F)cc1C.C=[N+]1c2ccccc2C=C[C-]1c1ccc(-c2ccccc2)cc1C. The van der Waals surface area contributed by atoms with Gasteiger partial charge in [-0.05, 0) is 94.3 Å². The van der Waals surface area contributed by atoms with Gasteiger partial charge in [0.2, 0.25) is 0 Å². The van der Waals surface area contributed by atoms with Gasteiger partial charge in [-0.15, -0.1) is 18.2 Å². The molecule has 7 aromatic carbocycles. The molecule has 5 aliphatic heterocycles.